The predicted molar refractivity (Wildman–Crippen MR) is 112 cm³/mol. The minimum atomic E-state index is -0.473. The van der Waals surface area contributed by atoms with Gasteiger partial charge in [0.1, 0.15) is 5.01 Å². The number of ether oxygens (including phenoxy) is 1. The fourth-order valence-corrected chi connectivity index (χ4v) is 3.55. The van der Waals surface area contributed by atoms with Crippen LogP contribution in [0, 0.1) is 0 Å². The van der Waals surface area contributed by atoms with Crippen molar-refractivity contribution in [2.75, 3.05) is 6.61 Å². The van der Waals surface area contributed by atoms with E-state index >= 15 is 0 Å². The lowest BCUT2D eigenvalue weighted by molar-refractivity contribution is -0.152. The molecule has 0 unspecified atom stereocenters. The molecule has 0 fully saturated rings. The monoisotopic (exact) mass is 409 g/mol. The molecule has 1 amide bonds. The lowest BCUT2D eigenvalue weighted by Gasteiger charge is -2.26. The highest BCUT2D eigenvalue weighted by molar-refractivity contribution is 7.13. The largest absolute Gasteiger partial charge is 0.455 e. The zero-order valence-corrected chi connectivity index (χ0v) is 17.3. The minimum absolute atomic E-state index is 0.000814. The molecule has 7 heteroatoms. The Morgan fingerprint density at radius 1 is 1.10 bits per heavy atom. The smallest absolute Gasteiger partial charge is 0.312 e. The summed E-state index contributed by atoms with van der Waals surface area (Å²) >= 11 is 1.42. The number of benzene rings is 1. The van der Waals surface area contributed by atoms with E-state index in [0.717, 1.165) is 16.3 Å². The third-order valence-corrected chi connectivity index (χ3v) is 5.17. The van der Waals surface area contributed by atoms with Crippen LogP contribution in [0.1, 0.15) is 25.1 Å². The fourth-order valence-electron chi connectivity index (χ4n) is 2.76. The number of rotatable bonds is 8. The van der Waals surface area contributed by atoms with Crippen molar-refractivity contribution in [2.45, 2.75) is 32.9 Å². The Labute approximate surface area is 174 Å². The lowest BCUT2D eigenvalue weighted by atomic mass is 10.2. The topological polar surface area (TPSA) is 72.4 Å². The molecule has 0 radical (unpaired) electrons. The normalized spacial score (nSPS) is 10.7. The molecule has 1 aromatic carbocycles. The number of amides is 1. The zero-order chi connectivity index (χ0) is 20.6. The highest BCUT2D eigenvalue weighted by Crippen LogP contribution is 2.21. The molecule has 2 aromatic heterocycles. The average Bonchev–Trinajstić information content (AvgIpc) is 3.20. The molecule has 3 aromatic rings. The first-order chi connectivity index (χ1) is 14.0. The number of hydrogen-bond donors (Lipinski definition) is 0. The summed E-state index contributed by atoms with van der Waals surface area (Å²) < 4.78 is 5.21. The number of carbonyl (C=O) groups excluding carboxylic acids is 2. The van der Waals surface area contributed by atoms with Gasteiger partial charge in [-0.25, -0.2) is 4.98 Å². The number of thiazole rings is 1. The summed E-state index contributed by atoms with van der Waals surface area (Å²) in [6, 6.07) is 15.3. The van der Waals surface area contributed by atoms with Gasteiger partial charge in [-0.2, -0.15) is 0 Å². The van der Waals surface area contributed by atoms with Crippen LogP contribution in [0.2, 0.25) is 0 Å². The predicted octanol–water partition coefficient (Wildman–Crippen LogP) is 3.73. The van der Waals surface area contributed by atoms with Gasteiger partial charge in [0.15, 0.2) is 6.61 Å². The summed E-state index contributed by atoms with van der Waals surface area (Å²) in [5.41, 5.74) is 2.41. The first kappa shape index (κ1) is 20.7. The Hall–Kier alpha value is -3.06. The number of aromatic nitrogens is 2. The van der Waals surface area contributed by atoms with Gasteiger partial charge < -0.3 is 9.64 Å². The maximum atomic E-state index is 12.6. The Bertz CT molecular complexity index is 942. The second-order valence-electron chi connectivity index (χ2n) is 6.80. The third-order valence-electron chi connectivity index (χ3n) is 4.26. The van der Waals surface area contributed by atoms with Gasteiger partial charge in [0.05, 0.1) is 17.8 Å². The molecule has 6 nitrogen and oxygen atoms in total. The maximum Gasteiger partial charge on any atom is 0.312 e. The van der Waals surface area contributed by atoms with Crippen LogP contribution in [0.4, 0.5) is 0 Å². The van der Waals surface area contributed by atoms with E-state index in [9.17, 15) is 9.59 Å². The Morgan fingerprint density at radius 2 is 1.86 bits per heavy atom. The molecule has 0 saturated carbocycles. The van der Waals surface area contributed by atoms with Crippen molar-refractivity contribution in [1.82, 2.24) is 14.9 Å². The van der Waals surface area contributed by atoms with Gasteiger partial charge in [-0.1, -0.05) is 36.4 Å². The number of carbonyl (C=O) groups is 2. The first-order valence-electron chi connectivity index (χ1n) is 9.37. The number of esters is 1. The first-order valence-corrected chi connectivity index (χ1v) is 10.3. The second-order valence-corrected chi connectivity index (χ2v) is 7.66. The Kier molecular flexibility index (Phi) is 7.08. The number of hydrogen-bond acceptors (Lipinski definition) is 6. The highest BCUT2D eigenvalue weighted by Gasteiger charge is 2.19. The van der Waals surface area contributed by atoms with E-state index in [1.54, 1.807) is 11.1 Å². The van der Waals surface area contributed by atoms with Crippen LogP contribution in [0.5, 0.6) is 0 Å². The van der Waals surface area contributed by atoms with Gasteiger partial charge in [-0.3, -0.25) is 14.6 Å². The van der Waals surface area contributed by atoms with E-state index in [1.807, 2.05) is 67.8 Å². The van der Waals surface area contributed by atoms with E-state index in [4.69, 9.17) is 4.74 Å². The van der Waals surface area contributed by atoms with E-state index in [-0.39, 0.29) is 25.0 Å². The zero-order valence-electron chi connectivity index (χ0n) is 16.4. The van der Waals surface area contributed by atoms with Crippen molar-refractivity contribution in [1.29, 1.82) is 0 Å². The highest BCUT2D eigenvalue weighted by atomic mass is 32.1. The lowest BCUT2D eigenvalue weighted by Crippen LogP contribution is -2.39. The van der Waals surface area contributed by atoms with Gasteiger partial charge in [0, 0.05) is 24.2 Å². The van der Waals surface area contributed by atoms with Gasteiger partial charge in [0.25, 0.3) is 5.91 Å². The molecule has 0 aliphatic heterocycles. The molecule has 0 bridgehead atoms. The molecule has 3 rings (SSSR count). The molecule has 0 aliphatic carbocycles. The van der Waals surface area contributed by atoms with E-state index in [1.165, 1.54) is 11.3 Å². The van der Waals surface area contributed by atoms with Gasteiger partial charge in [0.2, 0.25) is 0 Å². The van der Waals surface area contributed by atoms with Crippen molar-refractivity contribution in [3.63, 3.8) is 0 Å². The molecule has 0 saturated heterocycles. The summed E-state index contributed by atoms with van der Waals surface area (Å²) in [6.07, 6.45) is 1.73. The number of nitrogens with zero attached hydrogens (tertiary/aromatic N) is 3. The van der Waals surface area contributed by atoms with Crippen LogP contribution in [0.15, 0.2) is 60.1 Å². The van der Waals surface area contributed by atoms with Gasteiger partial charge in [-0.05, 0) is 31.5 Å². The van der Waals surface area contributed by atoms with Crippen LogP contribution >= 0.6 is 11.3 Å². The van der Waals surface area contributed by atoms with Crippen molar-refractivity contribution >= 4 is 23.2 Å². The van der Waals surface area contributed by atoms with Crippen molar-refractivity contribution in [3.8, 4) is 10.7 Å². The Morgan fingerprint density at radius 3 is 2.55 bits per heavy atom. The van der Waals surface area contributed by atoms with Crippen molar-refractivity contribution in [3.05, 3.63) is 71.4 Å². The molecule has 0 aliphatic rings. The molecule has 2 heterocycles. The van der Waals surface area contributed by atoms with Crippen LogP contribution in [-0.2, 0) is 27.3 Å². The van der Waals surface area contributed by atoms with Gasteiger partial charge in [-0.15, -0.1) is 11.3 Å². The summed E-state index contributed by atoms with van der Waals surface area (Å²) in [7, 11) is 0. The quantitative estimate of drug-likeness (QED) is 0.530. The van der Waals surface area contributed by atoms with E-state index in [0.29, 0.717) is 12.2 Å². The summed E-state index contributed by atoms with van der Waals surface area (Å²) in [6.45, 7) is 4.09. The maximum absolute atomic E-state index is 12.6. The van der Waals surface area contributed by atoms with Crippen LogP contribution in [0.3, 0.4) is 0 Å². The molecular weight excluding hydrogens is 386 g/mol. The fraction of sp³-hybridized carbons (Fsp3) is 0.273. The number of pyridine rings is 1. The van der Waals surface area contributed by atoms with E-state index < -0.39 is 5.97 Å². The average molecular weight is 410 g/mol. The summed E-state index contributed by atoms with van der Waals surface area (Å²) in [5, 5.41) is 2.56. The van der Waals surface area contributed by atoms with Crippen LogP contribution < -0.4 is 0 Å². The minimum Gasteiger partial charge on any atom is -0.455 e. The Balaban J connectivity index is 1.53. The van der Waals surface area contributed by atoms with Crippen molar-refractivity contribution in [2.24, 2.45) is 0 Å². The second kappa shape index (κ2) is 9.93. The molecule has 0 N–H and O–H groups in total. The van der Waals surface area contributed by atoms with Crippen LogP contribution in [0.25, 0.3) is 10.7 Å². The molecule has 0 spiro atoms. The third kappa shape index (κ3) is 5.96. The van der Waals surface area contributed by atoms with Gasteiger partial charge >= 0.3 is 5.97 Å². The van der Waals surface area contributed by atoms with E-state index in [2.05, 4.69) is 9.97 Å². The summed E-state index contributed by atoms with van der Waals surface area (Å²) in [4.78, 5) is 35.1. The standard InChI is InChI=1S/C22H23N3O3S/c1-16(2)25(13-17-8-4-3-5-9-17)20(26)14-28-21(27)12-18-15-29-22(24-18)19-10-6-7-11-23-19/h3-11,15-16H,12-14H2,1-2H3. The molecule has 0 atom stereocenters. The molecule has 150 valence electrons. The van der Waals surface area contributed by atoms with Crippen LogP contribution in [-0.4, -0.2) is 39.4 Å². The molecular formula is C22H23N3O3S. The van der Waals surface area contributed by atoms with Crippen molar-refractivity contribution < 1.29 is 14.3 Å². The summed E-state index contributed by atoms with van der Waals surface area (Å²) in [5.74, 6) is -0.690. The SMILES string of the molecule is CC(C)N(Cc1ccccc1)C(=O)COC(=O)Cc1csc(-c2ccccn2)n1. The molecule has 29 heavy (non-hydrogen) atoms.